The molecule has 1 saturated heterocycles. The second kappa shape index (κ2) is 5.02. The van der Waals surface area contributed by atoms with E-state index in [4.69, 9.17) is 10.7 Å². The number of fused-ring (bicyclic) bond motifs is 1. The number of rotatable bonds is 3. The molecule has 18 heavy (non-hydrogen) atoms. The maximum Gasteiger partial charge on any atom is 0.110 e. The molecule has 1 aromatic rings. The summed E-state index contributed by atoms with van der Waals surface area (Å²) in [5.74, 6) is 1.25. The standard InChI is InChI=1S/C14H24N4/c1-17-13-5-4-11(15)10-12(13)16-14(17)6-9-18-7-2-3-8-18/h11H,2-10,15H2,1H3. The molecule has 4 nitrogen and oxygen atoms in total. The molecule has 1 atom stereocenters. The number of hydrogen-bond donors (Lipinski definition) is 1. The van der Waals surface area contributed by atoms with E-state index in [9.17, 15) is 0 Å². The highest BCUT2D eigenvalue weighted by molar-refractivity contribution is 5.21. The Morgan fingerprint density at radius 2 is 2.11 bits per heavy atom. The molecule has 2 heterocycles. The molecule has 0 spiro atoms. The highest BCUT2D eigenvalue weighted by atomic mass is 15.1. The van der Waals surface area contributed by atoms with Crippen LogP contribution in [0.2, 0.25) is 0 Å². The Morgan fingerprint density at radius 1 is 1.33 bits per heavy atom. The monoisotopic (exact) mass is 248 g/mol. The molecule has 2 aliphatic rings. The minimum absolute atomic E-state index is 0.318. The Kier molecular flexibility index (Phi) is 3.39. The number of imidazole rings is 1. The number of likely N-dealkylation sites (tertiary alicyclic amines) is 1. The normalized spacial score (nSPS) is 24.4. The summed E-state index contributed by atoms with van der Waals surface area (Å²) in [7, 11) is 2.17. The smallest absolute Gasteiger partial charge is 0.110 e. The van der Waals surface area contributed by atoms with Gasteiger partial charge in [0, 0.05) is 38.2 Å². The van der Waals surface area contributed by atoms with Gasteiger partial charge in [-0.25, -0.2) is 4.98 Å². The van der Waals surface area contributed by atoms with E-state index >= 15 is 0 Å². The third kappa shape index (κ3) is 2.31. The first-order valence-electron chi connectivity index (χ1n) is 7.25. The minimum Gasteiger partial charge on any atom is -0.335 e. The van der Waals surface area contributed by atoms with Crippen LogP contribution in [0.5, 0.6) is 0 Å². The van der Waals surface area contributed by atoms with Crippen molar-refractivity contribution in [3.05, 3.63) is 17.2 Å². The Balaban J connectivity index is 1.68. The van der Waals surface area contributed by atoms with Gasteiger partial charge in [-0.15, -0.1) is 0 Å². The van der Waals surface area contributed by atoms with Crippen LogP contribution in [0.4, 0.5) is 0 Å². The van der Waals surface area contributed by atoms with Crippen molar-refractivity contribution in [1.82, 2.24) is 14.5 Å². The van der Waals surface area contributed by atoms with Gasteiger partial charge >= 0.3 is 0 Å². The first-order chi connectivity index (χ1) is 8.74. The predicted octanol–water partition coefficient (Wildman–Crippen LogP) is 0.874. The van der Waals surface area contributed by atoms with Crippen molar-refractivity contribution in [2.45, 2.75) is 44.6 Å². The van der Waals surface area contributed by atoms with Gasteiger partial charge in [0.15, 0.2) is 0 Å². The molecule has 1 unspecified atom stereocenters. The second-order valence-corrected chi connectivity index (χ2v) is 5.78. The Labute approximate surface area is 109 Å². The van der Waals surface area contributed by atoms with Crippen LogP contribution in [0.25, 0.3) is 0 Å². The van der Waals surface area contributed by atoms with E-state index < -0.39 is 0 Å². The SMILES string of the molecule is Cn1c(CCN2CCCC2)nc2c1CCC(N)C2. The van der Waals surface area contributed by atoms with Crippen LogP contribution in [0.15, 0.2) is 0 Å². The van der Waals surface area contributed by atoms with E-state index in [1.807, 2.05) is 0 Å². The maximum atomic E-state index is 6.02. The van der Waals surface area contributed by atoms with Crippen molar-refractivity contribution in [2.75, 3.05) is 19.6 Å². The summed E-state index contributed by atoms with van der Waals surface area (Å²) < 4.78 is 2.32. The number of nitrogens with two attached hydrogens (primary N) is 1. The third-order valence-electron chi connectivity index (χ3n) is 4.45. The fourth-order valence-electron chi connectivity index (χ4n) is 3.28. The van der Waals surface area contributed by atoms with Gasteiger partial charge in [-0.3, -0.25) is 0 Å². The lowest BCUT2D eigenvalue weighted by molar-refractivity contribution is 0.339. The summed E-state index contributed by atoms with van der Waals surface area (Å²) in [6.45, 7) is 3.71. The summed E-state index contributed by atoms with van der Waals surface area (Å²) >= 11 is 0. The fourth-order valence-corrected chi connectivity index (χ4v) is 3.28. The highest BCUT2D eigenvalue weighted by Crippen LogP contribution is 2.21. The zero-order chi connectivity index (χ0) is 12.5. The summed E-state index contributed by atoms with van der Waals surface area (Å²) in [6.07, 6.45) is 6.99. The van der Waals surface area contributed by atoms with Gasteiger partial charge in [-0.1, -0.05) is 0 Å². The molecule has 0 bridgehead atoms. The fraction of sp³-hybridized carbons (Fsp3) is 0.786. The van der Waals surface area contributed by atoms with Gasteiger partial charge in [0.05, 0.1) is 5.69 Å². The van der Waals surface area contributed by atoms with Gasteiger partial charge in [-0.05, 0) is 38.8 Å². The maximum absolute atomic E-state index is 6.02. The van der Waals surface area contributed by atoms with Crippen molar-refractivity contribution in [3.63, 3.8) is 0 Å². The lowest BCUT2D eigenvalue weighted by atomic mass is 9.97. The largest absolute Gasteiger partial charge is 0.335 e. The Bertz CT molecular complexity index is 418. The molecule has 0 radical (unpaired) electrons. The van der Waals surface area contributed by atoms with Crippen LogP contribution < -0.4 is 5.73 Å². The van der Waals surface area contributed by atoms with E-state index in [-0.39, 0.29) is 0 Å². The first kappa shape index (κ1) is 12.2. The van der Waals surface area contributed by atoms with Crippen molar-refractivity contribution in [1.29, 1.82) is 0 Å². The lowest BCUT2D eigenvalue weighted by Crippen LogP contribution is -2.28. The Morgan fingerprint density at radius 3 is 2.89 bits per heavy atom. The summed E-state index contributed by atoms with van der Waals surface area (Å²) in [5, 5.41) is 0. The molecule has 4 heteroatoms. The highest BCUT2D eigenvalue weighted by Gasteiger charge is 2.22. The van der Waals surface area contributed by atoms with Gasteiger partial charge in [-0.2, -0.15) is 0 Å². The summed E-state index contributed by atoms with van der Waals surface area (Å²) in [4.78, 5) is 7.37. The topological polar surface area (TPSA) is 47.1 Å². The predicted molar refractivity (Wildman–Crippen MR) is 72.6 cm³/mol. The molecule has 1 aromatic heterocycles. The Hall–Kier alpha value is -0.870. The van der Waals surface area contributed by atoms with Crippen LogP contribution in [0.3, 0.4) is 0 Å². The van der Waals surface area contributed by atoms with Crippen LogP contribution in [0.1, 0.15) is 36.5 Å². The second-order valence-electron chi connectivity index (χ2n) is 5.78. The summed E-state index contributed by atoms with van der Waals surface area (Å²) in [6, 6.07) is 0.318. The molecule has 3 rings (SSSR count). The van der Waals surface area contributed by atoms with Crippen LogP contribution in [-0.2, 0) is 26.3 Å². The molecule has 1 fully saturated rings. The number of aromatic nitrogens is 2. The minimum atomic E-state index is 0.318. The average molecular weight is 248 g/mol. The average Bonchev–Trinajstić information content (AvgIpc) is 2.95. The van der Waals surface area contributed by atoms with E-state index in [2.05, 4.69) is 16.5 Å². The molecule has 0 aromatic carbocycles. The summed E-state index contributed by atoms with van der Waals surface area (Å²) in [5.41, 5.74) is 8.71. The lowest BCUT2D eigenvalue weighted by Gasteiger charge is -2.18. The van der Waals surface area contributed by atoms with E-state index in [0.29, 0.717) is 6.04 Å². The molecular weight excluding hydrogens is 224 g/mol. The molecule has 100 valence electrons. The first-order valence-corrected chi connectivity index (χ1v) is 7.25. The van der Waals surface area contributed by atoms with Crippen LogP contribution in [-0.4, -0.2) is 40.1 Å². The number of hydrogen-bond acceptors (Lipinski definition) is 3. The van der Waals surface area contributed by atoms with E-state index in [1.165, 1.54) is 43.1 Å². The van der Waals surface area contributed by atoms with Crippen molar-refractivity contribution in [3.8, 4) is 0 Å². The quantitative estimate of drug-likeness (QED) is 0.863. The van der Waals surface area contributed by atoms with E-state index in [1.54, 1.807) is 0 Å². The molecule has 1 aliphatic heterocycles. The molecule has 2 N–H and O–H groups in total. The zero-order valence-corrected chi connectivity index (χ0v) is 11.4. The molecular formula is C14H24N4. The van der Waals surface area contributed by atoms with Crippen LogP contribution in [0, 0.1) is 0 Å². The van der Waals surface area contributed by atoms with Gasteiger partial charge in [0.25, 0.3) is 0 Å². The van der Waals surface area contributed by atoms with Gasteiger partial charge < -0.3 is 15.2 Å². The van der Waals surface area contributed by atoms with Crippen molar-refractivity contribution >= 4 is 0 Å². The van der Waals surface area contributed by atoms with E-state index in [0.717, 1.165) is 32.2 Å². The molecule has 0 saturated carbocycles. The van der Waals surface area contributed by atoms with Gasteiger partial charge in [0.1, 0.15) is 5.82 Å². The molecule has 0 amide bonds. The third-order valence-corrected chi connectivity index (χ3v) is 4.45. The number of nitrogens with zero attached hydrogens (tertiary/aromatic N) is 3. The van der Waals surface area contributed by atoms with Crippen molar-refractivity contribution in [2.24, 2.45) is 12.8 Å². The van der Waals surface area contributed by atoms with Gasteiger partial charge in [0.2, 0.25) is 0 Å². The zero-order valence-electron chi connectivity index (χ0n) is 11.4. The van der Waals surface area contributed by atoms with Crippen molar-refractivity contribution < 1.29 is 0 Å². The molecule has 1 aliphatic carbocycles. The van der Waals surface area contributed by atoms with Crippen LogP contribution >= 0.6 is 0 Å².